The van der Waals surface area contributed by atoms with E-state index in [0.717, 1.165) is 41.0 Å². The lowest BCUT2D eigenvalue weighted by molar-refractivity contribution is 0.102. The van der Waals surface area contributed by atoms with Crippen LogP contribution >= 0.6 is 0 Å². The summed E-state index contributed by atoms with van der Waals surface area (Å²) in [7, 11) is 3.60. The van der Waals surface area contributed by atoms with Crippen molar-refractivity contribution in [1.82, 2.24) is 4.57 Å². The van der Waals surface area contributed by atoms with Crippen LogP contribution in [0, 0.1) is 0 Å². The molecule has 20 heavy (non-hydrogen) atoms. The van der Waals surface area contributed by atoms with Gasteiger partial charge in [0.05, 0.1) is 7.11 Å². The summed E-state index contributed by atoms with van der Waals surface area (Å²) in [4.78, 5) is 12.6. The Hall–Kier alpha value is -2.29. The third-order valence-electron chi connectivity index (χ3n) is 3.82. The molecule has 1 heterocycles. The predicted molar refractivity (Wildman–Crippen MR) is 79.0 cm³/mol. The van der Waals surface area contributed by atoms with E-state index < -0.39 is 0 Å². The first-order valence-electron chi connectivity index (χ1n) is 6.72. The Labute approximate surface area is 118 Å². The smallest absolute Gasteiger partial charge is 0.189 e. The van der Waals surface area contributed by atoms with Crippen LogP contribution in [0.2, 0.25) is 0 Å². The molecule has 0 spiro atoms. The second-order valence-corrected chi connectivity index (χ2v) is 5.07. The van der Waals surface area contributed by atoms with Gasteiger partial charge < -0.3 is 9.30 Å². The molecule has 0 saturated carbocycles. The standard InChI is InChI=1S/C17H17NO2/c1-18-9-3-4-14(18)10-13-6-5-12-7-8-15(20-2)11-16(12)17(13)19/h3-4,7-11H,5-6H2,1-2H3/b13-10-. The molecule has 0 bridgehead atoms. The van der Waals surface area contributed by atoms with Gasteiger partial charge in [0.25, 0.3) is 0 Å². The van der Waals surface area contributed by atoms with Gasteiger partial charge in [-0.3, -0.25) is 4.79 Å². The number of hydrogen-bond donors (Lipinski definition) is 0. The SMILES string of the molecule is COc1ccc2c(c1)C(=O)/C(=C\c1cccn1C)CC2. The molecule has 1 aromatic carbocycles. The Bertz CT molecular complexity index is 695. The van der Waals surface area contributed by atoms with Crippen molar-refractivity contribution in [2.45, 2.75) is 12.8 Å². The second-order valence-electron chi connectivity index (χ2n) is 5.07. The van der Waals surface area contributed by atoms with Gasteiger partial charge in [-0.25, -0.2) is 0 Å². The molecule has 0 atom stereocenters. The lowest BCUT2D eigenvalue weighted by Gasteiger charge is -2.18. The fourth-order valence-corrected chi connectivity index (χ4v) is 2.61. The lowest BCUT2D eigenvalue weighted by Crippen LogP contribution is -2.14. The van der Waals surface area contributed by atoms with Gasteiger partial charge in [-0.2, -0.15) is 0 Å². The van der Waals surface area contributed by atoms with Gasteiger partial charge in [0.2, 0.25) is 0 Å². The summed E-state index contributed by atoms with van der Waals surface area (Å²) in [6, 6.07) is 9.75. The van der Waals surface area contributed by atoms with Crippen molar-refractivity contribution in [2.75, 3.05) is 7.11 Å². The molecule has 102 valence electrons. The Morgan fingerprint density at radius 1 is 1.25 bits per heavy atom. The molecule has 3 heteroatoms. The van der Waals surface area contributed by atoms with Crippen molar-refractivity contribution in [3.8, 4) is 5.75 Å². The molecular weight excluding hydrogens is 250 g/mol. The highest BCUT2D eigenvalue weighted by Crippen LogP contribution is 2.29. The zero-order chi connectivity index (χ0) is 14.1. The number of carbonyl (C=O) groups is 1. The molecule has 0 fully saturated rings. The quantitative estimate of drug-likeness (QED) is 0.782. The number of benzene rings is 1. The minimum absolute atomic E-state index is 0.117. The van der Waals surface area contributed by atoms with Crippen LogP contribution in [0.15, 0.2) is 42.1 Å². The van der Waals surface area contributed by atoms with Crippen molar-refractivity contribution in [1.29, 1.82) is 0 Å². The van der Waals surface area contributed by atoms with Gasteiger partial charge in [0.15, 0.2) is 5.78 Å². The van der Waals surface area contributed by atoms with Gasteiger partial charge in [-0.05, 0) is 48.7 Å². The zero-order valence-electron chi connectivity index (χ0n) is 11.7. The molecule has 0 unspecified atom stereocenters. The van der Waals surface area contributed by atoms with Gasteiger partial charge in [0, 0.05) is 30.1 Å². The van der Waals surface area contributed by atoms with Crippen molar-refractivity contribution >= 4 is 11.9 Å². The third-order valence-corrected chi connectivity index (χ3v) is 3.82. The van der Waals surface area contributed by atoms with Crippen LogP contribution in [0.5, 0.6) is 5.75 Å². The number of fused-ring (bicyclic) bond motifs is 1. The first-order valence-corrected chi connectivity index (χ1v) is 6.72. The molecule has 0 radical (unpaired) electrons. The molecule has 3 rings (SSSR count). The molecule has 0 aliphatic heterocycles. The van der Waals surface area contributed by atoms with Crippen LogP contribution in [0.4, 0.5) is 0 Å². The summed E-state index contributed by atoms with van der Waals surface area (Å²) < 4.78 is 7.23. The number of methoxy groups -OCH3 is 1. The van der Waals surface area contributed by atoms with E-state index in [-0.39, 0.29) is 5.78 Å². The first-order chi connectivity index (χ1) is 9.69. The number of aryl methyl sites for hydroxylation is 2. The number of ether oxygens (including phenoxy) is 1. The third kappa shape index (κ3) is 2.16. The average molecular weight is 267 g/mol. The van der Waals surface area contributed by atoms with E-state index in [1.165, 1.54) is 0 Å². The van der Waals surface area contributed by atoms with Gasteiger partial charge in [-0.1, -0.05) is 6.07 Å². The van der Waals surface area contributed by atoms with Crippen molar-refractivity contribution in [3.05, 3.63) is 58.9 Å². The average Bonchev–Trinajstić information content (AvgIpc) is 2.87. The van der Waals surface area contributed by atoms with E-state index in [1.54, 1.807) is 7.11 Å². The molecule has 0 saturated heterocycles. The largest absolute Gasteiger partial charge is 0.497 e. The monoisotopic (exact) mass is 267 g/mol. The van der Waals surface area contributed by atoms with Crippen LogP contribution in [-0.2, 0) is 13.5 Å². The number of allylic oxidation sites excluding steroid dienone is 1. The maximum atomic E-state index is 12.6. The summed E-state index contributed by atoms with van der Waals surface area (Å²) in [6.45, 7) is 0. The minimum Gasteiger partial charge on any atom is -0.497 e. The van der Waals surface area contributed by atoms with Crippen LogP contribution in [0.1, 0.15) is 28.0 Å². The first kappa shape index (κ1) is 12.7. The Kier molecular flexibility index (Phi) is 3.18. The van der Waals surface area contributed by atoms with Crippen LogP contribution in [-0.4, -0.2) is 17.5 Å². The molecule has 1 aromatic heterocycles. The van der Waals surface area contributed by atoms with E-state index in [0.29, 0.717) is 0 Å². The normalized spacial score (nSPS) is 16.3. The molecule has 0 N–H and O–H groups in total. The molecule has 2 aromatic rings. The number of Topliss-reactive ketones (excluding diaryl/α,β-unsaturated/α-hetero) is 1. The molecular formula is C17H17NO2. The molecule has 1 aliphatic rings. The van der Waals surface area contributed by atoms with Gasteiger partial charge >= 0.3 is 0 Å². The van der Waals surface area contributed by atoms with Crippen molar-refractivity contribution in [3.63, 3.8) is 0 Å². The lowest BCUT2D eigenvalue weighted by atomic mass is 9.86. The van der Waals surface area contributed by atoms with E-state index in [9.17, 15) is 4.79 Å². The van der Waals surface area contributed by atoms with E-state index in [4.69, 9.17) is 4.74 Å². The predicted octanol–water partition coefficient (Wildman–Crippen LogP) is 3.25. The number of carbonyl (C=O) groups excluding carboxylic acids is 1. The van der Waals surface area contributed by atoms with Gasteiger partial charge in [-0.15, -0.1) is 0 Å². The zero-order valence-corrected chi connectivity index (χ0v) is 11.7. The number of hydrogen-bond acceptors (Lipinski definition) is 2. The molecule has 0 amide bonds. The van der Waals surface area contributed by atoms with Gasteiger partial charge in [0.1, 0.15) is 5.75 Å². The van der Waals surface area contributed by atoms with Crippen LogP contribution in [0.3, 0.4) is 0 Å². The summed E-state index contributed by atoms with van der Waals surface area (Å²) in [5.74, 6) is 0.851. The Morgan fingerprint density at radius 2 is 2.10 bits per heavy atom. The van der Waals surface area contributed by atoms with E-state index in [2.05, 4.69) is 0 Å². The van der Waals surface area contributed by atoms with Crippen LogP contribution in [0.25, 0.3) is 6.08 Å². The topological polar surface area (TPSA) is 31.2 Å². The van der Waals surface area contributed by atoms with Crippen molar-refractivity contribution < 1.29 is 9.53 Å². The van der Waals surface area contributed by atoms with Crippen molar-refractivity contribution in [2.24, 2.45) is 7.05 Å². The number of nitrogens with zero attached hydrogens (tertiary/aromatic N) is 1. The second kappa shape index (κ2) is 5.00. The summed E-state index contributed by atoms with van der Waals surface area (Å²) in [5.41, 5.74) is 3.81. The number of ketones is 1. The maximum Gasteiger partial charge on any atom is 0.189 e. The highest BCUT2D eigenvalue weighted by molar-refractivity contribution is 6.13. The minimum atomic E-state index is 0.117. The number of aromatic nitrogens is 1. The number of rotatable bonds is 2. The Morgan fingerprint density at radius 3 is 2.80 bits per heavy atom. The molecule has 3 nitrogen and oxygen atoms in total. The highest BCUT2D eigenvalue weighted by Gasteiger charge is 2.22. The Balaban J connectivity index is 2.00. The highest BCUT2D eigenvalue weighted by atomic mass is 16.5. The maximum absolute atomic E-state index is 12.6. The van der Waals surface area contributed by atoms with Crippen LogP contribution < -0.4 is 4.74 Å². The summed E-state index contributed by atoms with van der Waals surface area (Å²) >= 11 is 0. The van der Waals surface area contributed by atoms with E-state index in [1.807, 2.05) is 54.2 Å². The molecule has 1 aliphatic carbocycles. The summed E-state index contributed by atoms with van der Waals surface area (Å²) in [6.07, 6.45) is 5.67. The summed E-state index contributed by atoms with van der Waals surface area (Å²) in [5, 5.41) is 0. The fraction of sp³-hybridized carbons (Fsp3) is 0.235. The fourth-order valence-electron chi connectivity index (χ4n) is 2.61. The van der Waals surface area contributed by atoms with E-state index >= 15 is 0 Å².